The van der Waals surface area contributed by atoms with Gasteiger partial charge in [0.25, 0.3) is 0 Å². The fourth-order valence-electron chi connectivity index (χ4n) is 5.09. The first-order valence-corrected chi connectivity index (χ1v) is 12.7. The maximum absolute atomic E-state index is 12.6. The van der Waals surface area contributed by atoms with Gasteiger partial charge in [0.2, 0.25) is 5.91 Å². The van der Waals surface area contributed by atoms with Crippen molar-refractivity contribution in [3.8, 4) is 11.1 Å². The van der Waals surface area contributed by atoms with Gasteiger partial charge in [-0.1, -0.05) is 54.9 Å². The van der Waals surface area contributed by atoms with Crippen molar-refractivity contribution in [3.05, 3.63) is 82.6 Å². The smallest absolute Gasteiger partial charge is 0.246 e. The third-order valence-corrected chi connectivity index (χ3v) is 6.93. The molecule has 4 rings (SSSR count). The van der Waals surface area contributed by atoms with E-state index in [-0.39, 0.29) is 11.8 Å². The molecule has 0 bridgehead atoms. The number of carbonyl (C=O) groups is 1. The number of hydrogen-bond acceptors (Lipinski definition) is 4. The second kappa shape index (κ2) is 11.2. The number of ether oxygens (including phenoxy) is 1. The molecule has 2 aromatic rings. The summed E-state index contributed by atoms with van der Waals surface area (Å²) in [4.78, 5) is 21.7. The summed E-state index contributed by atoms with van der Waals surface area (Å²) >= 11 is 6.35. The maximum atomic E-state index is 12.6. The number of allylic oxidation sites excluding steroid dienone is 2. The van der Waals surface area contributed by atoms with Crippen LogP contribution < -0.4 is 4.90 Å². The molecule has 35 heavy (non-hydrogen) atoms. The molecular formula is C29H34ClN3O2. The van der Waals surface area contributed by atoms with Crippen LogP contribution in [0.1, 0.15) is 37.8 Å². The van der Waals surface area contributed by atoms with E-state index in [2.05, 4.69) is 55.7 Å². The summed E-state index contributed by atoms with van der Waals surface area (Å²) in [7, 11) is 0. The normalized spacial score (nSPS) is 19.2. The van der Waals surface area contributed by atoms with Gasteiger partial charge in [-0.2, -0.15) is 0 Å². The van der Waals surface area contributed by atoms with Gasteiger partial charge >= 0.3 is 0 Å². The molecule has 184 valence electrons. The van der Waals surface area contributed by atoms with Crippen LogP contribution in [0.15, 0.2) is 71.4 Å². The highest BCUT2D eigenvalue weighted by Gasteiger charge is 2.30. The molecule has 0 saturated carbocycles. The zero-order valence-corrected chi connectivity index (χ0v) is 21.6. The van der Waals surface area contributed by atoms with E-state index in [4.69, 9.17) is 21.3 Å². The highest BCUT2D eigenvalue weighted by Crippen LogP contribution is 2.39. The van der Waals surface area contributed by atoms with Crippen LogP contribution in [0.4, 0.5) is 5.82 Å². The topological polar surface area (TPSA) is 45.7 Å². The lowest BCUT2D eigenvalue weighted by molar-refractivity contribution is -0.126. The zero-order chi connectivity index (χ0) is 24.9. The molecule has 1 atom stereocenters. The Hall–Kier alpha value is -2.89. The number of hydrogen-bond donors (Lipinski definition) is 0. The van der Waals surface area contributed by atoms with Crippen LogP contribution in [0.2, 0.25) is 0 Å². The lowest BCUT2D eigenvalue weighted by Crippen LogP contribution is -2.39. The van der Waals surface area contributed by atoms with Crippen molar-refractivity contribution in [3.63, 3.8) is 0 Å². The molecule has 0 radical (unpaired) electrons. The summed E-state index contributed by atoms with van der Waals surface area (Å²) in [5.41, 5.74) is 6.93. The Morgan fingerprint density at radius 1 is 1.29 bits per heavy atom. The number of aryl methyl sites for hydroxylation is 1. The molecule has 5 nitrogen and oxygen atoms in total. The molecule has 1 fully saturated rings. The van der Waals surface area contributed by atoms with Crippen molar-refractivity contribution >= 4 is 23.3 Å². The minimum absolute atomic E-state index is 0.00143. The Balaban J connectivity index is 1.79. The summed E-state index contributed by atoms with van der Waals surface area (Å²) < 4.78 is 5.53. The maximum Gasteiger partial charge on any atom is 0.246 e. The minimum atomic E-state index is -0.0535. The van der Waals surface area contributed by atoms with Gasteiger partial charge in [-0.3, -0.25) is 4.79 Å². The van der Waals surface area contributed by atoms with Crippen molar-refractivity contribution in [1.29, 1.82) is 0 Å². The number of morpholine rings is 1. The van der Waals surface area contributed by atoms with Crippen LogP contribution in [-0.4, -0.2) is 55.2 Å². The van der Waals surface area contributed by atoms with E-state index in [1.807, 2.05) is 24.1 Å². The van der Waals surface area contributed by atoms with E-state index in [0.717, 1.165) is 60.3 Å². The summed E-state index contributed by atoms with van der Waals surface area (Å²) in [6, 6.07) is 10.7. The third kappa shape index (κ3) is 5.52. The van der Waals surface area contributed by atoms with Crippen molar-refractivity contribution in [2.45, 2.75) is 33.1 Å². The molecule has 0 unspecified atom stereocenters. The van der Waals surface area contributed by atoms with Gasteiger partial charge in [-0.05, 0) is 60.8 Å². The summed E-state index contributed by atoms with van der Waals surface area (Å²) in [6.07, 6.45) is 6.33. The van der Waals surface area contributed by atoms with Gasteiger partial charge in [0.15, 0.2) is 0 Å². The van der Waals surface area contributed by atoms with E-state index in [0.29, 0.717) is 13.1 Å². The van der Waals surface area contributed by atoms with Gasteiger partial charge in [0, 0.05) is 48.9 Å². The second-order valence-corrected chi connectivity index (χ2v) is 9.79. The number of amides is 1. The molecule has 0 spiro atoms. The first-order valence-electron chi connectivity index (χ1n) is 12.3. The van der Waals surface area contributed by atoms with Gasteiger partial charge in [0.05, 0.1) is 13.2 Å². The monoisotopic (exact) mass is 491 g/mol. The van der Waals surface area contributed by atoms with Crippen LogP contribution in [0.3, 0.4) is 0 Å². The lowest BCUT2D eigenvalue weighted by Gasteiger charge is -2.36. The first-order chi connectivity index (χ1) is 16.9. The molecule has 1 aromatic heterocycles. The van der Waals surface area contributed by atoms with Crippen LogP contribution in [0.5, 0.6) is 0 Å². The number of pyridine rings is 1. The standard InChI is InChI=1S/C29H34ClN3O2/c1-5-22-16-23(17-31-29(22)32-11-13-35-14-12-32)24-9-7-8-10-25(24)27-19-33(28(34)6-2)18-20(3)26(27)15-21(4)30/h6-10,15-17,27H,2,5,11-14,18-19H2,1,3-4H3/b21-15+/t27-/m1/s1. The van der Waals surface area contributed by atoms with Crippen molar-refractivity contribution in [1.82, 2.24) is 9.88 Å². The summed E-state index contributed by atoms with van der Waals surface area (Å²) in [5, 5.41) is 0.732. The van der Waals surface area contributed by atoms with Gasteiger partial charge in [-0.15, -0.1) is 0 Å². The average Bonchev–Trinajstić information content (AvgIpc) is 2.89. The Kier molecular flexibility index (Phi) is 8.09. The number of anilines is 1. The van der Waals surface area contributed by atoms with Gasteiger partial charge in [0.1, 0.15) is 5.82 Å². The summed E-state index contributed by atoms with van der Waals surface area (Å²) in [5.74, 6) is 0.999. The number of carbonyl (C=O) groups excluding carboxylic acids is 1. The highest BCUT2D eigenvalue weighted by atomic mass is 35.5. The van der Waals surface area contributed by atoms with Crippen molar-refractivity contribution < 1.29 is 9.53 Å². The van der Waals surface area contributed by atoms with Gasteiger partial charge in [-0.25, -0.2) is 4.98 Å². The SMILES string of the molecule is C=CC(=O)N1CC(C)=C(/C=C(\C)Cl)[C@@H](c2ccccc2-c2cnc(N3CCOCC3)c(CC)c2)C1. The molecule has 2 aliphatic rings. The van der Waals surface area contributed by atoms with E-state index in [9.17, 15) is 4.79 Å². The molecule has 0 N–H and O–H groups in total. The van der Waals surface area contributed by atoms with E-state index >= 15 is 0 Å². The second-order valence-electron chi connectivity index (χ2n) is 9.19. The Labute approximate surface area is 213 Å². The Morgan fingerprint density at radius 3 is 2.71 bits per heavy atom. The number of benzene rings is 1. The predicted octanol–water partition coefficient (Wildman–Crippen LogP) is 5.72. The van der Waals surface area contributed by atoms with E-state index < -0.39 is 0 Å². The molecule has 3 heterocycles. The number of halogens is 1. The number of rotatable bonds is 6. The average molecular weight is 492 g/mol. The summed E-state index contributed by atoms with van der Waals surface area (Å²) in [6.45, 7) is 14.2. The predicted molar refractivity (Wildman–Crippen MR) is 144 cm³/mol. The van der Waals surface area contributed by atoms with Crippen LogP contribution in [-0.2, 0) is 16.0 Å². The van der Waals surface area contributed by atoms with Crippen molar-refractivity contribution in [2.24, 2.45) is 0 Å². The molecule has 0 aliphatic carbocycles. The van der Waals surface area contributed by atoms with Gasteiger partial charge < -0.3 is 14.5 Å². The molecule has 1 aromatic carbocycles. The van der Waals surface area contributed by atoms with Crippen LogP contribution in [0, 0.1) is 0 Å². The molecule has 2 aliphatic heterocycles. The minimum Gasteiger partial charge on any atom is -0.378 e. The fraction of sp³-hybridized carbons (Fsp3) is 0.379. The Bertz CT molecular complexity index is 1160. The number of nitrogens with zero attached hydrogens (tertiary/aromatic N) is 3. The van der Waals surface area contributed by atoms with Crippen LogP contribution in [0.25, 0.3) is 11.1 Å². The van der Waals surface area contributed by atoms with E-state index in [1.165, 1.54) is 22.8 Å². The molecule has 1 amide bonds. The zero-order valence-electron chi connectivity index (χ0n) is 20.9. The largest absolute Gasteiger partial charge is 0.378 e. The number of aromatic nitrogens is 1. The third-order valence-electron chi connectivity index (χ3n) is 6.82. The lowest BCUT2D eigenvalue weighted by atomic mass is 9.81. The molecular weight excluding hydrogens is 458 g/mol. The quantitative estimate of drug-likeness (QED) is 0.485. The highest BCUT2D eigenvalue weighted by molar-refractivity contribution is 6.29. The molecule has 6 heteroatoms. The van der Waals surface area contributed by atoms with Crippen LogP contribution >= 0.6 is 11.6 Å². The first kappa shape index (κ1) is 25.2. The Morgan fingerprint density at radius 2 is 2.03 bits per heavy atom. The molecule has 1 saturated heterocycles. The fourth-order valence-corrected chi connectivity index (χ4v) is 5.21. The van der Waals surface area contributed by atoms with E-state index in [1.54, 1.807) is 0 Å². The van der Waals surface area contributed by atoms with Crippen molar-refractivity contribution in [2.75, 3.05) is 44.3 Å².